The Bertz CT molecular complexity index is 519. The Kier molecular flexibility index (Phi) is 8.15. The van der Waals surface area contributed by atoms with Crippen molar-refractivity contribution in [2.45, 2.75) is 38.3 Å². The van der Waals surface area contributed by atoms with E-state index in [1.807, 2.05) is 24.4 Å². The van der Waals surface area contributed by atoms with Crippen LogP contribution in [0.5, 0.6) is 0 Å². The maximum Gasteiger partial charge on any atom is 0.191 e. The molecule has 1 aromatic rings. The first-order valence-corrected chi connectivity index (χ1v) is 9.96. The van der Waals surface area contributed by atoms with E-state index in [4.69, 9.17) is 4.74 Å². The summed E-state index contributed by atoms with van der Waals surface area (Å²) in [6, 6.07) is 4.42. The van der Waals surface area contributed by atoms with E-state index in [9.17, 15) is 5.11 Å². The van der Waals surface area contributed by atoms with Crippen molar-refractivity contribution in [1.29, 1.82) is 0 Å². The zero-order valence-corrected chi connectivity index (χ0v) is 16.4. The van der Waals surface area contributed by atoms with Crippen molar-refractivity contribution in [2.75, 3.05) is 46.4 Å². The van der Waals surface area contributed by atoms with Gasteiger partial charge in [-0.15, -0.1) is 11.3 Å². The van der Waals surface area contributed by atoms with Gasteiger partial charge < -0.3 is 20.5 Å². The van der Waals surface area contributed by atoms with Gasteiger partial charge in [0, 0.05) is 37.7 Å². The van der Waals surface area contributed by atoms with Crippen LogP contribution in [0.4, 0.5) is 0 Å². The summed E-state index contributed by atoms with van der Waals surface area (Å²) in [6.07, 6.45) is 2.43. The van der Waals surface area contributed by atoms with Crippen molar-refractivity contribution in [3.8, 4) is 0 Å². The van der Waals surface area contributed by atoms with E-state index < -0.39 is 5.60 Å². The number of methoxy groups -OCH3 is 1. The van der Waals surface area contributed by atoms with Crippen molar-refractivity contribution in [3.63, 3.8) is 0 Å². The van der Waals surface area contributed by atoms with E-state index in [0.29, 0.717) is 12.6 Å². The van der Waals surface area contributed by atoms with Crippen LogP contribution in [0.15, 0.2) is 22.5 Å². The van der Waals surface area contributed by atoms with Crippen molar-refractivity contribution in [3.05, 3.63) is 22.4 Å². The third-order valence-corrected chi connectivity index (χ3v) is 5.65. The molecule has 0 amide bonds. The second-order valence-corrected chi connectivity index (χ2v) is 7.60. The van der Waals surface area contributed by atoms with Crippen molar-refractivity contribution < 1.29 is 9.84 Å². The number of hydrogen-bond acceptors (Lipinski definition) is 5. The molecule has 0 spiro atoms. The molecule has 2 heterocycles. The number of rotatable bonds is 9. The number of thiophene rings is 1. The predicted molar refractivity (Wildman–Crippen MR) is 104 cm³/mol. The van der Waals surface area contributed by atoms with Crippen molar-refractivity contribution >= 4 is 17.3 Å². The molecule has 0 bridgehead atoms. The van der Waals surface area contributed by atoms with E-state index >= 15 is 0 Å². The molecule has 0 aliphatic carbocycles. The maximum absolute atomic E-state index is 10.6. The summed E-state index contributed by atoms with van der Waals surface area (Å²) in [5, 5.41) is 19.3. The average molecular weight is 369 g/mol. The van der Waals surface area contributed by atoms with Gasteiger partial charge >= 0.3 is 0 Å². The molecule has 1 saturated heterocycles. The molecule has 25 heavy (non-hydrogen) atoms. The Morgan fingerprint density at radius 3 is 3.04 bits per heavy atom. The zero-order valence-electron chi connectivity index (χ0n) is 15.6. The highest BCUT2D eigenvalue weighted by atomic mass is 32.1. The second-order valence-electron chi connectivity index (χ2n) is 6.65. The Balaban J connectivity index is 1.89. The molecule has 1 aliphatic rings. The molecule has 3 N–H and O–H groups in total. The molecule has 1 fully saturated rings. The Morgan fingerprint density at radius 1 is 1.52 bits per heavy atom. The number of hydrogen-bond donors (Lipinski definition) is 3. The molecule has 7 heteroatoms. The SMILES string of the molecule is CCNC(=NCC(C)(O)c1cccs1)NCC1CCCN1CCOC. The molecule has 6 nitrogen and oxygen atoms in total. The van der Waals surface area contributed by atoms with Crippen LogP contribution in [0.2, 0.25) is 0 Å². The summed E-state index contributed by atoms with van der Waals surface area (Å²) in [5.41, 5.74) is -0.936. The van der Waals surface area contributed by atoms with E-state index in [1.54, 1.807) is 18.4 Å². The third-order valence-electron chi connectivity index (χ3n) is 4.53. The quantitative estimate of drug-likeness (QED) is 0.456. The summed E-state index contributed by atoms with van der Waals surface area (Å²) in [4.78, 5) is 8.01. The molecular formula is C18H32N4O2S. The number of guanidine groups is 1. The van der Waals surface area contributed by atoms with Gasteiger partial charge in [-0.25, -0.2) is 4.99 Å². The van der Waals surface area contributed by atoms with Gasteiger partial charge in [0.25, 0.3) is 0 Å². The molecule has 142 valence electrons. The van der Waals surface area contributed by atoms with Gasteiger partial charge in [-0.2, -0.15) is 0 Å². The summed E-state index contributed by atoms with van der Waals surface area (Å²) in [6.45, 7) is 8.74. The number of likely N-dealkylation sites (tertiary alicyclic amines) is 1. The fraction of sp³-hybridized carbons (Fsp3) is 0.722. The lowest BCUT2D eigenvalue weighted by Gasteiger charge is -2.25. The van der Waals surface area contributed by atoms with Crippen LogP contribution < -0.4 is 10.6 Å². The van der Waals surface area contributed by atoms with Gasteiger partial charge in [0.05, 0.1) is 13.2 Å². The molecule has 2 atom stereocenters. The van der Waals surface area contributed by atoms with Crippen molar-refractivity contribution in [2.24, 2.45) is 4.99 Å². The second kappa shape index (κ2) is 10.1. The number of ether oxygens (including phenoxy) is 1. The highest BCUT2D eigenvalue weighted by molar-refractivity contribution is 7.10. The predicted octanol–water partition coefficient (Wildman–Crippen LogP) is 1.62. The van der Waals surface area contributed by atoms with Gasteiger partial charge in [0.15, 0.2) is 5.96 Å². The van der Waals surface area contributed by atoms with E-state index in [1.165, 1.54) is 12.8 Å². The minimum absolute atomic E-state index is 0.334. The first kappa shape index (κ1) is 20.2. The first-order valence-electron chi connectivity index (χ1n) is 9.08. The van der Waals surface area contributed by atoms with Gasteiger partial charge in [-0.1, -0.05) is 6.07 Å². The lowest BCUT2D eigenvalue weighted by Crippen LogP contribution is -2.46. The smallest absolute Gasteiger partial charge is 0.191 e. The molecule has 2 rings (SSSR count). The van der Waals surface area contributed by atoms with Gasteiger partial charge in [-0.05, 0) is 44.7 Å². The molecule has 2 unspecified atom stereocenters. The number of aliphatic hydroxyl groups is 1. The topological polar surface area (TPSA) is 69.1 Å². The molecule has 0 radical (unpaired) electrons. The van der Waals surface area contributed by atoms with E-state index in [2.05, 4.69) is 27.4 Å². The summed E-state index contributed by atoms with van der Waals surface area (Å²) >= 11 is 1.56. The molecule has 1 aliphatic heterocycles. The highest BCUT2D eigenvalue weighted by Gasteiger charge is 2.25. The third kappa shape index (κ3) is 6.26. The summed E-state index contributed by atoms with van der Waals surface area (Å²) in [7, 11) is 1.75. The van der Waals surface area contributed by atoms with Gasteiger partial charge in [-0.3, -0.25) is 4.90 Å². The van der Waals surface area contributed by atoms with Gasteiger partial charge in [0.2, 0.25) is 0 Å². The van der Waals surface area contributed by atoms with Crippen LogP contribution >= 0.6 is 11.3 Å². The Morgan fingerprint density at radius 2 is 2.36 bits per heavy atom. The standard InChI is InChI=1S/C18H32N4O2S/c1-4-19-17(21-14-18(2,23)16-8-6-12-25-16)20-13-15-7-5-9-22(15)10-11-24-3/h6,8,12,15,23H,4-5,7,9-11,13-14H2,1-3H3,(H2,19,20,21). The fourth-order valence-electron chi connectivity index (χ4n) is 3.08. The van der Waals surface area contributed by atoms with Crippen LogP contribution in [0.1, 0.15) is 31.6 Å². The lowest BCUT2D eigenvalue weighted by molar-refractivity contribution is 0.0711. The Hall–Kier alpha value is -1.15. The largest absolute Gasteiger partial charge is 0.383 e. The average Bonchev–Trinajstić information content (AvgIpc) is 3.27. The molecule has 1 aromatic heterocycles. The van der Waals surface area contributed by atoms with Crippen LogP contribution in [-0.4, -0.2) is 68.4 Å². The molecule has 0 aromatic carbocycles. The first-order chi connectivity index (χ1) is 12.1. The van der Waals surface area contributed by atoms with E-state index in [-0.39, 0.29) is 0 Å². The Labute approximate surface area is 155 Å². The minimum atomic E-state index is -0.936. The van der Waals surface area contributed by atoms with Crippen molar-refractivity contribution in [1.82, 2.24) is 15.5 Å². The minimum Gasteiger partial charge on any atom is -0.383 e. The molecule has 0 saturated carbocycles. The summed E-state index contributed by atoms with van der Waals surface area (Å²) in [5.74, 6) is 0.762. The van der Waals surface area contributed by atoms with E-state index in [0.717, 1.165) is 43.6 Å². The fourth-order valence-corrected chi connectivity index (χ4v) is 3.86. The zero-order chi connectivity index (χ0) is 18.1. The monoisotopic (exact) mass is 368 g/mol. The highest BCUT2D eigenvalue weighted by Crippen LogP contribution is 2.25. The van der Waals surface area contributed by atoms with Crippen LogP contribution in [0.25, 0.3) is 0 Å². The van der Waals surface area contributed by atoms with Crippen LogP contribution in [0, 0.1) is 0 Å². The molecular weight excluding hydrogens is 336 g/mol. The number of nitrogens with zero attached hydrogens (tertiary/aromatic N) is 2. The number of aliphatic imine (C=N–C) groups is 1. The maximum atomic E-state index is 10.6. The number of nitrogens with one attached hydrogen (secondary N) is 2. The van der Waals surface area contributed by atoms with Crippen LogP contribution in [-0.2, 0) is 10.3 Å². The normalized spacial score (nSPS) is 21.3. The van der Waals surface area contributed by atoms with Crippen LogP contribution in [0.3, 0.4) is 0 Å². The van der Waals surface area contributed by atoms with Gasteiger partial charge in [0.1, 0.15) is 5.60 Å². The lowest BCUT2D eigenvalue weighted by atomic mass is 10.1. The summed E-state index contributed by atoms with van der Waals surface area (Å²) < 4.78 is 5.20.